The second-order valence-electron chi connectivity index (χ2n) is 4.63. The van der Waals surface area contributed by atoms with Gasteiger partial charge in [0.05, 0.1) is 11.7 Å². The largest absolute Gasteiger partial charge is 0.387 e. The molecule has 0 aromatic rings. The van der Waals surface area contributed by atoms with Gasteiger partial charge in [0.1, 0.15) is 0 Å². The van der Waals surface area contributed by atoms with Crippen LogP contribution in [0.15, 0.2) is 0 Å². The minimum atomic E-state index is -0.567. The lowest BCUT2D eigenvalue weighted by Crippen LogP contribution is -2.39. The van der Waals surface area contributed by atoms with Gasteiger partial charge in [0.2, 0.25) is 0 Å². The van der Waals surface area contributed by atoms with Crippen LogP contribution in [0, 0.1) is 5.92 Å². The van der Waals surface area contributed by atoms with Gasteiger partial charge >= 0.3 is 0 Å². The van der Waals surface area contributed by atoms with Crippen molar-refractivity contribution in [1.82, 2.24) is 0 Å². The van der Waals surface area contributed by atoms with Crippen molar-refractivity contribution in [3.8, 4) is 0 Å². The van der Waals surface area contributed by atoms with E-state index in [0.717, 1.165) is 38.9 Å². The zero-order valence-electron chi connectivity index (χ0n) is 8.87. The van der Waals surface area contributed by atoms with Crippen molar-refractivity contribution in [2.45, 2.75) is 44.3 Å². The molecule has 0 amide bonds. The molecule has 82 valence electrons. The van der Waals surface area contributed by atoms with Crippen LogP contribution in [-0.2, 0) is 9.47 Å². The molecular formula is C11H20O3. The number of ether oxygens (including phenoxy) is 2. The van der Waals surface area contributed by atoms with E-state index >= 15 is 0 Å². The third-order valence-corrected chi connectivity index (χ3v) is 3.64. The molecule has 0 aromatic carbocycles. The van der Waals surface area contributed by atoms with E-state index in [-0.39, 0.29) is 6.10 Å². The molecule has 2 aliphatic heterocycles. The Morgan fingerprint density at radius 2 is 2.00 bits per heavy atom. The smallest absolute Gasteiger partial charge is 0.0930 e. The first-order valence-corrected chi connectivity index (χ1v) is 5.62. The van der Waals surface area contributed by atoms with Crippen molar-refractivity contribution in [2.75, 3.05) is 19.8 Å². The van der Waals surface area contributed by atoms with Crippen molar-refractivity contribution >= 4 is 0 Å². The molecule has 0 aromatic heterocycles. The lowest BCUT2D eigenvalue weighted by Gasteiger charge is -2.32. The Labute approximate surface area is 85.4 Å². The summed E-state index contributed by atoms with van der Waals surface area (Å²) in [7, 11) is 0. The monoisotopic (exact) mass is 200 g/mol. The van der Waals surface area contributed by atoms with Crippen LogP contribution in [0.4, 0.5) is 0 Å². The molecule has 1 N–H and O–H groups in total. The summed E-state index contributed by atoms with van der Waals surface area (Å²) < 4.78 is 10.7. The molecule has 14 heavy (non-hydrogen) atoms. The summed E-state index contributed by atoms with van der Waals surface area (Å²) in [5.41, 5.74) is -0.567. The molecular weight excluding hydrogens is 180 g/mol. The van der Waals surface area contributed by atoms with Crippen LogP contribution in [-0.4, -0.2) is 36.6 Å². The van der Waals surface area contributed by atoms with Gasteiger partial charge in [-0.2, -0.15) is 0 Å². The zero-order valence-corrected chi connectivity index (χ0v) is 8.87. The lowest BCUT2D eigenvalue weighted by atomic mass is 9.82. The minimum absolute atomic E-state index is 0.00495. The Morgan fingerprint density at radius 1 is 1.29 bits per heavy atom. The molecule has 2 unspecified atom stereocenters. The van der Waals surface area contributed by atoms with E-state index in [1.165, 1.54) is 0 Å². The highest BCUT2D eigenvalue weighted by atomic mass is 16.5. The Bertz CT molecular complexity index is 189. The van der Waals surface area contributed by atoms with E-state index in [2.05, 4.69) is 0 Å². The molecule has 2 saturated heterocycles. The van der Waals surface area contributed by atoms with Crippen molar-refractivity contribution in [3.05, 3.63) is 0 Å². The Morgan fingerprint density at radius 3 is 2.57 bits per heavy atom. The van der Waals surface area contributed by atoms with Gasteiger partial charge in [-0.3, -0.25) is 0 Å². The van der Waals surface area contributed by atoms with Crippen molar-refractivity contribution in [2.24, 2.45) is 5.92 Å². The molecule has 0 bridgehead atoms. The fourth-order valence-electron chi connectivity index (χ4n) is 2.49. The Balaban J connectivity index is 1.88. The van der Waals surface area contributed by atoms with Crippen LogP contribution in [0.3, 0.4) is 0 Å². The van der Waals surface area contributed by atoms with Gasteiger partial charge in [0, 0.05) is 26.2 Å². The summed E-state index contributed by atoms with van der Waals surface area (Å²) in [6.07, 6.45) is 3.87. The van der Waals surface area contributed by atoms with Gasteiger partial charge in [0.25, 0.3) is 0 Å². The molecule has 0 radical (unpaired) electrons. The Kier molecular flexibility index (Phi) is 3.10. The molecule has 0 saturated carbocycles. The van der Waals surface area contributed by atoms with Crippen LogP contribution in [0.25, 0.3) is 0 Å². The predicted molar refractivity (Wildman–Crippen MR) is 53.1 cm³/mol. The highest BCUT2D eigenvalue weighted by molar-refractivity contribution is 4.91. The first kappa shape index (κ1) is 10.4. The molecule has 0 spiro atoms. The second-order valence-corrected chi connectivity index (χ2v) is 4.63. The third-order valence-electron chi connectivity index (χ3n) is 3.64. The van der Waals surface area contributed by atoms with E-state index in [9.17, 15) is 5.11 Å². The second kappa shape index (κ2) is 4.17. The maximum Gasteiger partial charge on any atom is 0.0930 e. The summed E-state index contributed by atoms with van der Waals surface area (Å²) in [6, 6.07) is 0. The highest BCUT2D eigenvalue weighted by Gasteiger charge is 2.41. The van der Waals surface area contributed by atoms with Crippen LogP contribution >= 0.6 is 0 Å². The van der Waals surface area contributed by atoms with E-state index in [0.29, 0.717) is 12.5 Å². The number of hydrogen-bond donors (Lipinski definition) is 1. The number of hydrogen-bond acceptors (Lipinski definition) is 3. The van der Waals surface area contributed by atoms with E-state index in [1.807, 2.05) is 6.92 Å². The predicted octanol–water partition coefficient (Wildman–Crippen LogP) is 1.34. The van der Waals surface area contributed by atoms with Crippen molar-refractivity contribution in [1.29, 1.82) is 0 Å². The van der Waals surface area contributed by atoms with E-state index in [4.69, 9.17) is 9.47 Å². The fraction of sp³-hybridized carbons (Fsp3) is 1.00. The van der Waals surface area contributed by atoms with Crippen molar-refractivity contribution < 1.29 is 14.6 Å². The van der Waals surface area contributed by atoms with Crippen LogP contribution in [0.1, 0.15) is 32.6 Å². The summed E-state index contributed by atoms with van der Waals surface area (Å²) in [4.78, 5) is 0. The maximum atomic E-state index is 10.3. The van der Waals surface area contributed by atoms with E-state index in [1.54, 1.807) is 0 Å². The quantitative estimate of drug-likeness (QED) is 0.731. The average molecular weight is 200 g/mol. The SMILES string of the molecule is CC1OCCC1(O)CC1CCOCC1. The summed E-state index contributed by atoms with van der Waals surface area (Å²) in [5, 5.41) is 10.3. The summed E-state index contributed by atoms with van der Waals surface area (Å²) in [5.74, 6) is 0.623. The highest BCUT2D eigenvalue weighted by Crippen LogP contribution is 2.34. The van der Waals surface area contributed by atoms with Gasteiger partial charge < -0.3 is 14.6 Å². The zero-order chi connectivity index (χ0) is 10.0. The average Bonchev–Trinajstić information content (AvgIpc) is 2.48. The van der Waals surface area contributed by atoms with E-state index < -0.39 is 5.60 Å². The fourth-order valence-corrected chi connectivity index (χ4v) is 2.49. The summed E-state index contributed by atoms with van der Waals surface area (Å²) in [6.45, 7) is 4.40. The third kappa shape index (κ3) is 2.10. The van der Waals surface area contributed by atoms with Gasteiger partial charge in [-0.05, 0) is 32.1 Å². The molecule has 2 heterocycles. The molecule has 3 nitrogen and oxygen atoms in total. The lowest BCUT2D eigenvalue weighted by molar-refractivity contribution is -0.0550. The first-order valence-electron chi connectivity index (χ1n) is 5.62. The van der Waals surface area contributed by atoms with Gasteiger partial charge in [-0.25, -0.2) is 0 Å². The molecule has 2 aliphatic rings. The Hall–Kier alpha value is -0.120. The van der Waals surface area contributed by atoms with Crippen molar-refractivity contribution in [3.63, 3.8) is 0 Å². The van der Waals surface area contributed by atoms with Gasteiger partial charge in [0.15, 0.2) is 0 Å². The first-order chi connectivity index (χ1) is 6.71. The summed E-state index contributed by atoms with van der Waals surface area (Å²) >= 11 is 0. The topological polar surface area (TPSA) is 38.7 Å². The molecule has 3 heteroatoms. The minimum Gasteiger partial charge on any atom is -0.387 e. The standard InChI is InChI=1S/C11H20O3/c1-9-11(12,4-7-14-9)8-10-2-5-13-6-3-10/h9-10,12H,2-8H2,1H3. The molecule has 2 fully saturated rings. The molecule has 2 rings (SSSR count). The normalized spacial score (nSPS) is 40.3. The number of aliphatic hydroxyl groups is 1. The van der Waals surface area contributed by atoms with Crippen LogP contribution in [0.5, 0.6) is 0 Å². The van der Waals surface area contributed by atoms with Gasteiger partial charge in [-0.15, -0.1) is 0 Å². The number of rotatable bonds is 2. The molecule has 0 aliphatic carbocycles. The molecule has 2 atom stereocenters. The van der Waals surface area contributed by atoms with Crippen LogP contribution < -0.4 is 0 Å². The van der Waals surface area contributed by atoms with Gasteiger partial charge in [-0.1, -0.05) is 0 Å². The van der Waals surface area contributed by atoms with Crippen LogP contribution in [0.2, 0.25) is 0 Å². The maximum absolute atomic E-state index is 10.3.